The number of carboxylic acids is 2. The maximum Gasteiger partial charge on any atom is 0.362 e. The minimum atomic E-state index is -1.20. The van der Waals surface area contributed by atoms with Crippen molar-refractivity contribution < 1.29 is 35.1 Å². The van der Waals surface area contributed by atoms with Gasteiger partial charge in [-0.25, -0.2) is 4.79 Å². The number of nitrogens with one attached hydrogen (secondary N) is 2. The highest BCUT2D eigenvalue weighted by Gasteiger charge is 2.22. The lowest BCUT2D eigenvalue weighted by atomic mass is 10.1. The summed E-state index contributed by atoms with van der Waals surface area (Å²) in [5.74, 6) is -3.51. The number of hydrogen-bond acceptors (Lipinski definition) is 5. The summed E-state index contributed by atoms with van der Waals surface area (Å²) >= 11 is 3.89. The molecule has 20 heavy (non-hydrogen) atoms. The van der Waals surface area contributed by atoms with Crippen molar-refractivity contribution in [3.05, 3.63) is 0 Å². The molecule has 114 valence electrons. The van der Waals surface area contributed by atoms with Gasteiger partial charge in [0.05, 0.1) is 0 Å². The maximum absolute atomic E-state index is 11.5. The molecule has 0 saturated heterocycles. The van der Waals surface area contributed by atoms with E-state index in [9.17, 15) is 19.2 Å². The monoisotopic (exact) mass is 308 g/mol. The quantitative estimate of drug-likeness (QED) is 0.250. The number of amides is 2. The summed E-state index contributed by atoms with van der Waals surface area (Å²) in [4.78, 5) is 43.9. The Morgan fingerprint density at radius 3 is 2.25 bits per heavy atom. The molecule has 9 nitrogen and oxygen atoms in total. The topological polar surface area (TPSA) is 160 Å². The lowest BCUT2D eigenvalue weighted by Crippen LogP contribution is -2.65. The maximum atomic E-state index is 11.5. The Bertz CT molecular complexity index is 389. The van der Waals surface area contributed by atoms with Crippen molar-refractivity contribution in [1.29, 1.82) is 0 Å². The van der Waals surface area contributed by atoms with Gasteiger partial charge in [-0.3, -0.25) is 14.4 Å². The zero-order valence-electron chi connectivity index (χ0n) is 10.7. The highest BCUT2D eigenvalue weighted by molar-refractivity contribution is 7.80. The summed E-state index contributed by atoms with van der Waals surface area (Å²) in [6.07, 6.45) is -0.0614. The van der Waals surface area contributed by atoms with Crippen LogP contribution in [0.5, 0.6) is 0 Å². The number of carbonyl (C=O) groups is 4. The standard InChI is InChI=1S/C10H17N3O6S/c11-5(10(18)19)1-2-7(14)13-6(4-20)9(17)12-3-8(15)16/h5-6,20H,1-4,11H2,(H,12,17)(H,13,14)(H,15,16)(H,18,19)/p+1. The summed E-state index contributed by atoms with van der Waals surface area (Å²) in [6.45, 7) is -0.557. The van der Waals surface area contributed by atoms with Gasteiger partial charge in [-0.2, -0.15) is 12.6 Å². The van der Waals surface area contributed by atoms with Gasteiger partial charge in [0.15, 0.2) is 6.04 Å². The largest absolute Gasteiger partial charge is 0.480 e. The molecule has 0 aromatic heterocycles. The van der Waals surface area contributed by atoms with Crippen molar-refractivity contribution in [2.75, 3.05) is 12.3 Å². The number of hydrogen-bond donors (Lipinski definition) is 6. The van der Waals surface area contributed by atoms with Gasteiger partial charge in [-0.1, -0.05) is 0 Å². The number of thiol groups is 1. The summed E-state index contributed by atoms with van der Waals surface area (Å²) in [5, 5.41) is 21.5. The van der Waals surface area contributed by atoms with Crippen molar-refractivity contribution in [3.63, 3.8) is 0 Å². The van der Waals surface area contributed by atoms with Crippen LogP contribution in [0.25, 0.3) is 0 Å². The highest BCUT2D eigenvalue weighted by atomic mass is 32.1. The molecule has 7 N–H and O–H groups in total. The Morgan fingerprint density at radius 1 is 1.20 bits per heavy atom. The van der Waals surface area contributed by atoms with E-state index >= 15 is 0 Å². The Hall–Kier alpha value is -1.81. The number of rotatable bonds is 9. The van der Waals surface area contributed by atoms with E-state index in [4.69, 9.17) is 10.2 Å². The summed E-state index contributed by atoms with van der Waals surface area (Å²) < 4.78 is 0. The Morgan fingerprint density at radius 2 is 1.80 bits per heavy atom. The smallest absolute Gasteiger partial charge is 0.362 e. The third kappa shape index (κ3) is 7.59. The van der Waals surface area contributed by atoms with Crippen LogP contribution in [0.15, 0.2) is 0 Å². The minimum Gasteiger partial charge on any atom is -0.480 e. The first-order chi connectivity index (χ1) is 9.27. The lowest BCUT2D eigenvalue weighted by Gasteiger charge is -2.15. The Labute approximate surface area is 120 Å². The van der Waals surface area contributed by atoms with E-state index in [1.165, 1.54) is 0 Å². The fourth-order valence-electron chi connectivity index (χ4n) is 1.18. The van der Waals surface area contributed by atoms with E-state index in [0.717, 1.165) is 0 Å². The van der Waals surface area contributed by atoms with Crippen LogP contribution in [0.3, 0.4) is 0 Å². The van der Waals surface area contributed by atoms with Crippen molar-refractivity contribution in [1.82, 2.24) is 10.6 Å². The molecule has 0 rings (SSSR count). The average molecular weight is 308 g/mol. The van der Waals surface area contributed by atoms with Crippen molar-refractivity contribution >= 4 is 36.4 Å². The molecule has 0 aromatic carbocycles. The van der Waals surface area contributed by atoms with Gasteiger partial charge < -0.3 is 26.6 Å². The van der Waals surface area contributed by atoms with E-state index < -0.39 is 42.4 Å². The molecular weight excluding hydrogens is 290 g/mol. The fraction of sp³-hybridized carbons (Fsp3) is 0.600. The molecule has 0 fully saturated rings. The SMILES string of the molecule is [NH3+]C(CCC(=O)NC(CS)C(=O)NCC(=O)O)C(=O)O. The van der Waals surface area contributed by atoms with Gasteiger partial charge in [0, 0.05) is 18.6 Å². The van der Waals surface area contributed by atoms with Gasteiger partial charge in [-0.15, -0.1) is 0 Å². The number of carboxylic acid groups (broad SMARTS) is 2. The van der Waals surface area contributed by atoms with Gasteiger partial charge >= 0.3 is 11.9 Å². The molecule has 0 aliphatic heterocycles. The average Bonchev–Trinajstić information content (AvgIpc) is 2.38. The molecule has 2 atom stereocenters. The first-order valence-corrected chi connectivity index (χ1v) is 6.36. The molecule has 0 heterocycles. The second-order valence-electron chi connectivity index (χ2n) is 3.99. The predicted molar refractivity (Wildman–Crippen MR) is 70.0 cm³/mol. The second kappa shape index (κ2) is 9.15. The molecule has 0 aromatic rings. The van der Waals surface area contributed by atoms with E-state index in [0.29, 0.717) is 0 Å². The number of quaternary nitrogens is 1. The minimum absolute atomic E-state index is 0.00999. The molecule has 0 bridgehead atoms. The summed E-state index contributed by atoms with van der Waals surface area (Å²) in [6, 6.07) is -1.88. The van der Waals surface area contributed by atoms with Crippen LogP contribution in [0.1, 0.15) is 12.8 Å². The molecule has 10 heteroatoms. The Balaban J connectivity index is 4.21. The van der Waals surface area contributed by atoms with E-state index in [2.05, 4.69) is 29.0 Å². The van der Waals surface area contributed by atoms with E-state index in [1.54, 1.807) is 0 Å². The van der Waals surface area contributed by atoms with Gasteiger partial charge in [0.25, 0.3) is 0 Å². The Kier molecular flexibility index (Phi) is 8.32. The van der Waals surface area contributed by atoms with Crippen LogP contribution in [0.2, 0.25) is 0 Å². The van der Waals surface area contributed by atoms with Crippen molar-refractivity contribution in [2.45, 2.75) is 24.9 Å². The molecule has 0 spiro atoms. The van der Waals surface area contributed by atoms with Crippen LogP contribution < -0.4 is 16.4 Å². The van der Waals surface area contributed by atoms with Gasteiger partial charge in [0.1, 0.15) is 12.6 Å². The lowest BCUT2D eigenvalue weighted by molar-refractivity contribution is -0.408. The van der Waals surface area contributed by atoms with Crippen molar-refractivity contribution in [2.24, 2.45) is 0 Å². The van der Waals surface area contributed by atoms with Crippen LogP contribution in [-0.4, -0.2) is 58.3 Å². The van der Waals surface area contributed by atoms with Crippen molar-refractivity contribution in [3.8, 4) is 0 Å². The summed E-state index contributed by atoms with van der Waals surface area (Å²) in [7, 11) is 0. The zero-order valence-corrected chi connectivity index (χ0v) is 11.6. The number of carbonyl (C=O) groups excluding carboxylic acids is 2. The molecule has 0 saturated carbocycles. The van der Waals surface area contributed by atoms with E-state index in [1.807, 2.05) is 0 Å². The summed E-state index contributed by atoms with van der Waals surface area (Å²) in [5.41, 5.74) is 3.35. The molecule has 2 unspecified atom stereocenters. The molecule has 0 aliphatic carbocycles. The van der Waals surface area contributed by atoms with Crippen LogP contribution in [-0.2, 0) is 19.2 Å². The predicted octanol–water partition coefficient (Wildman–Crippen LogP) is -2.92. The van der Waals surface area contributed by atoms with E-state index in [-0.39, 0.29) is 18.6 Å². The normalized spacial score (nSPS) is 13.1. The zero-order chi connectivity index (χ0) is 15.7. The molecular formula is C10H18N3O6S+. The van der Waals surface area contributed by atoms with Crippen LogP contribution in [0, 0.1) is 0 Å². The third-order valence-corrected chi connectivity index (χ3v) is 2.68. The number of aliphatic carboxylic acids is 2. The highest BCUT2D eigenvalue weighted by Crippen LogP contribution is 1.96. The van der Waals surface area contributed by atoms with Gasteiger partial charge in [-0.05, 0) is 0 Å². The third-order valence-electron chi connectivity index (χ3n) is 2.32. The molecule has 0 aliphatic rings. The second-order valence-corrected chi connectivity index (χ2v) is 4.35. The molecule has 0 radical (unpaired) electrons. The van der Waals surface area contributed by atoms with Gasteiger partial charge in [0.2, 0.25) is 11.8 Å². The first-order valence-electron chi connectivity index (χ1n) is 5.73. The van der Waals surface area contributed by atoms with Crippen LogP contribution in [0.4, 0.5) is 0 Å². The molecule has 2 amide bonds. The van der Waals surface area contributed by atoms with Crippen LogP contribution >= 0.6 is 12.6 Å². The first kappa shape index (κ1) is 18.2. The fourth-order valence-corrected chi connectivity index (χ4v) is 1.43.